The molecule has 0 atom stereocenters. The summed E-state index contributed by atoms with van der Waals surface area (Å²) in [7, 11) is 0. The summed E-state index contributed by atoms with van der Waals surface area (Å²) in [6, 6.07) is 0. The topological polar surface area (TPSA) is 67.1 Å². The Balaban J connectivity index is 0.00000392. The number of rotatable bonds is 10. The molecule has 0 saturated heterocycles. The second-order valence-electron chi connectivity index (χ2n) is 8.49. The average molecular weight is 505 g/mol. The lowest BCUT2D eigenvalue weighted by Gasteiger charge is -2.23. The van der Waals surface area contributed by atoms with E-state index in [0.29, 0.717) is 0 Å². The zero-order valence-corrected chi connectivity index (χ0v) is 20.7. The lowest BCUT2D eigenvalue weighted by molar-refractivity contribution is 0.332. The van der Waals surface area contributed by atoms with Crippen LogP contribution in [0.2, 0.25) is 0 Å². The SMILES string of the molecule is CCCCCC(C)(C)CN=C(NCC)NCCc1nnc2n1CCCCC2.I. The highest BCUT2D eigenvalue weighted by atomic mass is 127. The molecule has 0 radical (unpaired) electrons. The predicted molar refractivity (Wildman–Crippen MR) is 129 cm³/mol. The molecule has 0 spiro atoms. The lowest BCUT2D eigenvalue weighted by Crippen LogP contribution is -2.39. The van der Waals surface area contributed by atoms with Crippen molar-refractivity contribution in [1.82, 2.24) is 25.4 Å². The minimum Gasteiger partial charge on any atom is -0.357 e. The molecule has 162 valence electrons. The van der Waals surface area contributed by atoms with Gasteiger partial charge in [-0.15, -0.1) is 34.2 Å². The second-order valence-corrected chi connectivity index (χ2v) is 8.49. The molecule has 0 saturated carbocycles. The van der Waals surface area contributed by atoms with E-state index in [9.17, 15) is 0 Å². The van der Waals surface area contributed by atoms with Gasteiger partial charge in [-0.1, -0.05) is 46.5 Å². The van der Waals surface area contributed by atoms with Crippen molar-refractivity contribution in [1.29, 1.82) is 0 Å². The Hall–Kier alpha value is -0.860. The third kappa shape index (κ3) is 8.66. The van der Waals surface area contributed by atoms with Crippen LogP contribution in [0.4, 0.5) is 0 Å². The van der Waals surface area contributed by atoms with Gasteiger partial charge in [-0.3, -0.25) is 4.99 Å². The quantitative estimate of drug-likeness (QED) is 0.216. The van der Waals surface area contributed by atoms with Crippen molar-refractivity contribution in [3.05, 3.63) is 11.6 Å². The van der Waals surface area contributed by atoms with Gasteiger partial charge in [-0.2, -0.15) is 0 Å². The molecule has 1 aliphatic heterocycles. The van der Waals surface area contributed by atoms with Gasteiger partial charge in [-0.05, 0) is 31.6 Å². The maximum Gasteiger partial charge on any atom is 0.191 e. The van der Waals surface area contributed by atoms with Crippen molar-refractivity contribution >= 4 is 29.9 Å². The second kappa shape index (κ2) is 13.4. The zero-order chi connectivity index (χ0) is 19.5. The van der Waals surface area contributed by atoms with E-state index >= 15 is 0 Å². The number of unbranched alkanes of at least 4 members (excludes halogenated alkanes) is 2. The summed E-state index contributed by atoms with van der Waals surface area (Å²) < 4.78 is 2.33. The number of nitrogens with one attached hydrogen (secondary N) is 2. The minimum atomic E-state index is 0. The van der Waals surface area contributed by atoms with Crippen LogP contribution in [0.3, 0.4) is 0 Å². The molecule has 1 aliphatic rings. The van der Waals surface area contributed by atoms with Crippen LogP contribution in [-0.2, 0) is 19.4 Å². The van der Waals surface area contributed by atoms with E-state index in [1.54, 1.807) is 0 Å². The Labute approximate surface area is 188 Å². The van der Waals surface area contributed by atoms with Gasteiger partial charge in [0, 0.05) is 39.0 Å². The first-order chi connectivity index (χ1) is 13.1. The van der Waals surface area contributed by atoms with Crippen LogP contribution in [0.15, 0.2) is 4.99 Å². The summed E-state index contributed by atoms with van der Waals surface area (Å²) in [5.74, 6) is 3.18. The molecular formula is C21H41IN6. The summed E-state index contributed by atoms with van der Waals surface area (Å²) in [5, 5.41) is 15.7. The molecule has 0 aliphatic carbocycles. The molecule has 0 fully saturated rings. The molecule has 0 unspecified atom stereocenters. The number of hydrogen-bond donors (Lipinski definition) is 2. The number of aromatic nitrogens is 3. The van der Waals surface area contributed by atoms with Gasteiger partial charge in [0.2, 0.25) is 0 Å². The molecule has 0 aromatic carbocycles. The van der Waals surface area contributed by atoms with Crippen molar-refractivity contribution in [3.8, 4) is 0 Å². The highest BCUT2D eigenvalue weighted by Crippen LogP contribution is 2.24. The third-order valence-corrected chi connectivity index (χ3v) is 5.29. The molecule has 2 heterocycles. The van der Waals surface area contributed by atoms with E-state index < -0.39 is 0 Å². The smallest absolute Gasteiger partial charge is 0.191 e. The van der Waals surface area contributed by atoms with Crippen LogP contribution in [0.5, 0.6) is 0 Å². The lowest BCUT2D eigenvalue weighted by atomic mass is 9.87. The normalized spacial score (nSPS) is 14.8. The van der Waals surface area contributed by atoms with Crippen LogP contribution in [0.1, 0.15) is 84.3 Å². The van der Waals surface area contributed by atoms with E-state index in [0.717, 1.165) is 56.6 Å². The van der Waals surface area contributed by atoms with E-state index in [4.69, 9.17) is 4.99 Å². The molecule has 6 nitrogen and oxygen atoms in total. The molecule has 28 heavy (non-hydrogen) atoms. The van der Waals surface area contributed by atoms with Crippen LogP contribution in [-0.4, -0.2) is 40.4 Å². The number of aryl methyl sites for hydroxylation is 1. The molecule has 2 rings (SSSR count). The number of guanidine groups is 1. The first-order valence-electron chi connectivity index (χ1n) is 11.0. The number of fused-ring (bicyclic) bond motifs is 1. The number of nitrogens with zero attached hydrogens (tertiary/aromatic N) is 4. The summed E-state index contributed by atoms with van der Waals surface area (Å²) in [6.07, 6.45) is 10.8. The first-order valence-corrected chi connectivity index (χ1v) is 11.0. The summed E-state index contributed by atoms with van der Waals surface area (Å²) >= 11 is 0. The molecule has 1 aromatic heterocycles. The van der Waals surface area contributed by atoms with Crippen molar-refractivity contribution in [2.45, 2.75) is 92.0 Å². The van der Waals surface area contributed by atoms with Crippen molar-refractivity contribution in [2.24, 2.45) is 10.4 Å². The zero-order valence-electron chi connectivity index (χ0n) is 18.4. The first kappa shape index (κ1) is 25.2. The monoisotopic (exact) mass is 504 g/mol. The fourth-order valence-electron chi connectivity index (χ4n) is 3.59. The summed E-state index contributed by atoms with van der Waals surface area (Å²) in [6.45, 7) is 12.6. The minimum absolute atomic E-state index is 0. The molecule has 0 amide bonds. The predicted octanol–water partition coefficient (Wildman–Crippen LogP) is 4.33. The maximum atomic E-state index is 4.84. The molecule has 7 heteroatoms. The summed E-state index contributed by atoms with van der Waals surface area (Å²) in [5.41, 5.74) is 0.252. The van der Waals surface area contributed by atoms with Crippen LogP contribution >= 0.6 is 24.0 Å². The van der Waals surface area contributed by atoms with Gasteiger partial charge in [-0.25, -0.2) is 0 Å². The van der Waals surface area contributed by atoms with E-state index in [1.165, 1.54) is 44.9 Å². The highest BCUT2D eigenvalue weighted by Gasteiger charge is 2.17. The molecule has 2 N–H and O–H groups in total. The fraction of sp³-hybridized carbons (Fsp3) is 0.857. The largest absolute Gasteiger partial charge is 0.357 e. The van der Waals surface area contributed by atoms with Gasteiger partial charge in [0.15, 0.2) is 5.96 Å². The number of hydrogen-bond acceptors (Lipinski definition) is 3. The standard InChI is InChI=1S/C21H40N6.HI/c1-5-7-10-14-21(3,4)17-24-20(22-6-2)23-15-13-19-26-25-18-12-9-8-11-16-27(18)19;/h5-17H2,1-4H3,(H2,22,23,24);1H. The Bertz CT molecular complexity index is 581. The van der Waals surface area contributed by atoms with Crippen LogP contribution in [0, 0.1) is 5.41 Å². The molecule has 1 aromatic rings. The van der Waals surface area contributed by atoms with E-state index in [1.807, 2.05) is 0 Å². The third-order valence-electron chi connectivity index (χ3n) is 5.29. The van der Waals surface area contributed by atoms with Gasteiger partial charge < -0.3 is 15.2 Å². The van der Waals surface area contributed by atoms with Crippen LogP contribution < -0.4 is 10.6 Å². The summed E-state index contributed by atoms with van der Waals surface area (Å²) in [4.78, 5) is 4.84. The van der Waals surface area contributed by atoms with Crippen molar-refractivity contribution in [3.63, 3.8) is 0 Å². The Kier molecular flexibility index (Phi) is 12.0. The van der Waals surface area contributed by atoms with Gasteiger partial charge >= 0.3 is 0 Å². The number of halogens is 1. The molecular weight excluding hydrogens is 463 g/mol. The van der Waals surface area contributed by atoms with Crippen molar-refractivity contribution in [2.75, 3.05) is 19.6 Å². The Morgan fingerprint density at radius 1 is 1.11 bits per heavy atom. The van der Waals surface area contributed by atoms with Crippen LogP contribution in [0.25, 0.3) is 0 Å². The van der Waals surface area contributed by atoms with Gasteiger partial charge in [0.25, 0.3) is 0 Å². The van der Waals surface area contributed by atoms with E-state index in [2.05, 4.69) is 53.1 Å². The Morgan fingerprint density at radius 2 is 1.93 bits per heavy atom. The van der Waals surface area contributed by atoms with E-state index in [-0.39, 0.29) is 29.4 Å². The number of aliphatic imine (C=N–C) groups is 1. The average Bonchev–Trinajstić information content (AvgIpc) is 2.86. The van der Waals surface area contributed by atoms with Gasteiger partial charge in [0.1, 0.15) is 11.6 Å². The molecule has 0 bridgehead atoms. The van der Waals surface area contributed by atoms with Crippen molar-refractivity contribution < 1.29 is 0 Å². The Morgan fingerprint density at radius 3 is 2.68 bits per heavy atom. The fourth-order valence-corrected chi connectivity index (χ4v) is 3.59. The van der Waals surface area contributed by atoms with Gasteiger partial charge in [0.05, 0.1) is 0 Å². The maximum absolute atomic E-state index is 4.84. The highest BCUT2D eigenvalue weighted by molar-refractivity contribution is 14.0.